The quantitative estimate of drug-likeness (QED) is 0.759. The van der Waals surface area contributed by atoms with E-state index in [0.29, 0.717) is 11.6 Å². The van der Waals surface area contributed by atoms with Gasteiger partial charge >= 0.3 is 0 Å². The lowest BCUT2D eigenvalue weighted by Crippen LogP contribution is -2.14. The van der Waals surface area contributed by atoms with Gasteiger partial charge < -0.3 is 11.1 Å². The zero-order valence-electron chi connectivity index (χ0n) is 8.40. The van der Waals surface area contributed by atoms with Crippen molar-refractivity contribution in [3.63, 3.8) is 0 Å². The summed E-state index contributed by atoms with van der Waals surface area (Å²) < 4.78 is 0. The predicted molar refractivity (Wildman–Crippen MR) is 56.8 cm³/mol. The zero-order chi connectivity index (χ0) is 9.97. The molecule has 1 heterocycles. The van der Waals surface area contributed by atoms with Crippen LogP contribution in [0.5, 0.6) is 0 Å². The Kier molecular flexibility index (Phi) is 2.52. The number of hydrogen-bond donors (Lipinski definition) is 2. The number of nitrogens with zero attached hydrogens (tertiary/aromatic N) is 2. The van der Waals surface area contributed by atoms with Crippen molar-refractivity contribution in [3.8, 4) is 0 Å². The molecular formula is C10H16N4. The maximum Gasteiger partial charge on any atom is 0.152 e. The average molecular weight is 192 g/mol. The van der Waals surface area contributed by atoms with E-state index >= 15 is 0 Å². The fourth-order valence-corrected chi connectivity index (χ4v) is 1.58. The van der Waals surface area contributed by atoms with Gasteiger partial charge in [0.05, 0.1) is 11.9 Å². The SMILES string of the molecule is CC(CNc1ncncc1N)C1CC1. The van der Waals surface area contributed by atoms with Crippen molar-refractivity contribution in [2.24, 2.45) is 11.8 Å². The lowest BCUT2D eigenvalue weighted by atomic mass is 10.1. The smallest absolute Gasteiger partial charge is 0.152 e. The van der Waals surface area contributed by atoms with Gasteiger partial charge in [0.1, 0.15) is 6.33 Å². The second kappa shape index (κ2) is 3.82. The highest BCUT2D eigenvalue weighted by atomic mass is 15.0. The van der Waals surface area contributed by atoms with Gasteiger partial charge in [0, 0.05) is 6.54 Å². The van der Waals surface area contributed by atoms with Crippen LogP contribution in [0.25, 0.3) is 0 Å². The van der Waals surface area contributed by atoms with Crippen LogP contribution in [0.3, 0.4) is 0 Å². The first-order chi connectivity index (χ1) is 6.77. The molecule has 1 aromatic heterocycles. The lowest BCUT2D eigenvalue weighted by Gasteiger charge is -2.12. The number of anilines is 2. The molecule has 76 valence electrons. The molecule has 2 rings (SSSR count). The molecule has 3 N–H and O–H groups in total. The molecular weight excluding hydrogens is 176 g/mol. The fraction of sp³-hybridized carbons (Fsp3) is 0.600. The van der Waals surface area contributed by atoms with Crippen LogP contribution in [0.2, 0.25) is 0 Å². The molecule has 1 unspecified atom stereocenters. The van der Waals surface area contributed by atoms with Crippen molar-refractivity contribution in [2.75, 3.05) is 17.6 Å². The third-order valence-electron chi connectivity index (χ3n) is 2.76. The molecule has 0 amide bonds. The fourth-order valence-electron chi connectivity index (χ4n) is 1.58. The number of nitrogen functional groups attached to an aromatic ring is 1. The van der Waals surface area contributed by atoms with Gasteiger partial charge in [-0.3, -0.25) is 0 Å². The largest absolute Gasteiger partial charge is 0.394 e. The second-order valence-electron chi connectivity index (χ2n) is 4.02. The van der Waals surface area contributed by atoms with E-state index in [1.54, 1.807) is 6.20 Å². The molecule has 0 radical (unpaired) electrons. The number of aromatic nitrogens is 2. The van der Waals surface area contributed by atoms with Gasteiger partial charge in [-0.25, -0.2) is 9.97 Å². The minimum atomic E-state index is 0.621. The summed E-state index contributed by atoms with van der Waals surface area (Å²) in [6, 6.07) is 0. The van der Waals surface area contributed by atoms with E-state index in [4.69, 9.17) is 5.73 Å². The first-order valence-electron chi connectivity index (χ1n) is 5.06. The van der Waals surface area contributed by atoms with E-state index in [9.17, 15) is 0 Å². The Morgan fingerprint density at radius 1 is 1.64 bits per heavy atom. The summed E-state index contributed by atoms with van der Waals surface area (Å²) >= 11 is 0. The molecule has 1 aromatic rings. The molecule has 1 aliphatic rings. The van der Waals surface area contributed by atoms with E-state index in [1.807, 2.05) is 0 Å². The molecule has 1 aliphatic carbocycles. The van der Waals surface area contributed by atoms with Crippen molar-refractivity contribution in [2.45, 2.75) is 19.8 Å². The van der Waals surface area contributed by atoms with Crippen LogP contribution in [-0.2, 0) is 0 Å². The third kappa shape index (κ3) is 2.13. The summed E-state index contributed by atoms with van der Waals surface area (Å²) in [7, 11) is 0. The van der Waals surface area contributed by atoms with E-state index in [0.717, 1.165) is 18.3 Å². The highest BCUT2D eigenvalue weighted by Gasteiger charge is 2.27. The van der Waals surface area contributed by atoms with Gasteiger partial charge in [-0.2, -0.15) is 0 Å². The van der Waals surface area contributed by atoms with Crippen molar-refractivity contribution in [1.29, 1.82) is 0 Å². The maximum atomic E-state index is 5.71. The molecule has 4 nitrogen and oxygen atoms in total. The van der Waals surface area contributed by atoms with Crippen molar-refractivity contribution < 1.29 is 0 Å². The Morgan fingerprint density at radius 3 is 3.07 bits per heavy atom. The Bertz CT molecular complexity index is 309. The molecule has 0 aliphatic heterocycles. The van der Waals surface area contributed by atoms with E-state index in [1.165, 1.54) is 19.2 Å². The van der Waals surface area contributed by atoms with E-state index < -0.39 is 0 Å². The van der Waals surface area contributed by atoms with Crippen LogP contribution in [0.1, 0.15) is 19.8 Å². The van der Waals surface area contributed by atoms with Crippen LogP contribution in [0.4, 0.5) is 11.5 Å². The molecule has 0 saturated heterocycles. The van der Waals surface area contributed by atoms with Gasteiger partial charge in [0.25, 0.3) is 0 Å². The number of rotatable bonds is 4. The number of nitrogens with one attached hydrogen (secondary N) is 1. The normalized spacial score (nSPS) is 17.8. The first-order valence-corrected chi connectivity index (χ1v) is 5.06. The minimum absolute atomic E-state index is 0.621. The second-order valence-corrected chi connectivity index (χ2v) is 4.02. The highest BCUT2D eigenvalue weighted by Crippen LogP contribution is 2.36. The van der Waals surface area contributed by atoms with Gasteiger partial charge in [-0.05, 0) is 24.7 Å². The molecule has 1 fully saturated rings. The molecule has 1 saturated carbocycles. The lowest BCUT2D eigenvalue weighted by molar-refractivity contribution is 0.536. The maximum absolute atomic E-state index is 5.71. The molecule has 0 bridgehead atoms. The zero-order valence-corrected chi connectivity index (χ0v) is 8.40. The third-order valence-corrected chi connectivity index (χ3v) is 2.76. The molecule has 0 spiro atoms. The monoisotopic (exact) mass is 192 g/mol. The highest BCUT2D eigenvalue weighted by molar-refractivity contribution is 5.58. The topological polar surface area (TPSA) is 63.8 Å². The molecule has 14 heavy (non-hydrogen) atoms. The van der Waals surface area contributed by atoms with Gasteiger partial charge in [0.15, 0.2) is 5.82 Å². The Balaban J connectivity index is 1.87. The first kappa shape index (κ1) is 9.24. The van der Waals surface area contributed by atoms with Gasteiger partial charge in [-0.1, -0.05) is 6.92 Å². The van der Waals surface area contributed by atoms with Gasteiger partial charge in [-0.15, -0.1) is 0 Å². The molecule has 1 atom stereocenters. The van der Waals surface area contributed by atoms with Crippen molar-refractivity contribution in [1.82, 2.24) is 9.97 Å². The van der Waals surface area contributed by atoms with Crippen molar-refractivity contribution >= 4 is 11.5 Å². The van der Waals surface area contributed by atoms with Crippen molar-refractivity contribution in [3.05, 3.63) is 12.5 Å². The van der Waals surface area contributed by atoms with E-state index in [-0.39, 0.29) is 0 Å². The summed E-state index contributed by atoms with van der Waals surface area (Å²) in [4.78, 5) is 7.93. The van der Waals surface area contributed by atoms with Crippen LogP contribution >= 0.6 is 0 Å². The summed E-state index contributed by atoms with van der Waals surface area (Å²) in [6.07, 6.45) is 5.89. The number of nitrogens with two attached hydrogens (primary N) is 1. The standard InChI is InChI=1S/C10H16N4/c1-7(8-2-3-8)4-13-10-9(11)5-12-6-14-10/h5-8H,2-4,11H2,1H3,(H,12,13,14). The Labute approximate surface area is 83.9 Å². The molecule has 4 heteroatoms. The molecule has 0 aromatic carbocycles. The summed E-state index contributed by atoms with van der Waals surface area (Å²) in [5, 5.41) is 3.26. The van der Waals surface area contributed by atoms with Crippen LogP contribution in [0, 0.1) is 11.8 Å². The average Bonchev–Trinajstić information content (AvgIpc) is 2.99. The summed E-state index contributed by atoms with van der Waals surface area (Å²) in [5.74, 6) is 2.38. The summed E-state index contributed by atoms with van der Waals surface area (Å²) in [6.45, 7) is 3.22. The van der Waals surface area contributed by atoms with Gasteiger partial charge in [0.2, 0.25) is 0 Å². The summed E-state index contributed by atoms with van der Waals surface area (Å²) in [5.41, 5.74) is 6.33. The Hall–Kier alpha value is -1.32. The van der Waals surface area contributed by atoms with E-state index in [2.05, 4.69) is 22.2 Å². The van der Waals surface area contributed by atoms with Crippen LogP contribution < -0.4 is 11.1 Å². The predicted octanol–water partition coefficient (Wildman–Crippen LogP) is 1.52. The van der Waals surface area contributed by atoms with Crippen LogP contribution in [-0.4, -0.2) is 16.5 Å². The van der Waals surface area contributed by atoms with Crippen LogP contribution in [0.15, 0.2) is 12.5 Å². The minimum Gasteiger partial charge on any atom is -0.394 e. The Morgan fingerprint density at radius 2 is 2.43 bits per heavy atom. The number of hydrogen-bond acceptors (Lipinski definition) is 4.